The summed E-state index contributed by atoms with van der Waals surface area (Å²) < 4.78 is 0. The van der Waals surface area contributed by atoms with Crippen molar-refractivity contribution in [3.05, 3.63) is 34.4 Å². The zero-order chi connectivity index (χ0) is 11.4. The Hall–Kier alpha value is -1.66. The first-order chi connectivity index (χ1) is 7.02. The molecule has 0 bridgehead atoms. The number of nitrogens with one attached hydrogen (secondary N) is 1. The van der Waals surface area contributed by atoms with Crippen LogP contribution >= 0.6 is 0 Å². The largest absolute Gasteiger partial charge is 0.372 e. The van der Waals surface area contributed by atoms with E-state index in [9.17, 15) is 10.1 Å². The van der Waals surface area contributed by atoms with E-state index in [1.807, 2.05) is 0 Å². The van der Waals surface area contributed by atoms with Gasteiger partial charge in [0, 0.05) is 6.07 Å². The SMILES string of the molecule is C[C@@H](Nc1ccccc1[N+](=O)[O-])C(O)O. The van der Waals surface area contributed by atoms with Crippen molar-refractivity contribution >= 4 is 11.4 Å². The maximum absolute atomic E-state index is 10.6. The quantitative estimate of drug-likeness (QED) is 0.388. The lowest BCUT2D eigenvalue weighted by Crippen LogP contribution is -2.30. The third kappa shape index (κ3) is 2.90. The molecule has 1 aromatic rings. The van der Waals surface area contributed by atoms with Crippen molar-refractivity contribution in [1.82, 2.24) is 0 Å². The van der Waals surface area contributed by atoms with Crippen LogP contribution in [0.25, 0.3) is 0 Å². The summed E-state index contributed by atoms with van der Waals surface area (Å²) >= 11 is 0. The molecule has 82 valence electrons. The lowest BCUT2D eigenvalue weighted by Gasteiger charge is -2.16. The van der Waals surface area contributed by atoms with Crippen molar-refractivity contribution in [2.24, 2.45) is 0 Å². The van der Waals surface area contributed by atoms with E-state index < -0.39 is 17.3 Å². The summed E-state index contributed by atoms with van der Waals surface area (Å²) in [5.41, 5.74) is 0.174. The van der Waals surface area contributed by atoms with Gasteiger partial charge in [0.25, 0.3) is 5.69 Å². The Bertz CT molecular complexity index is 354. The van der Waals surface area contributed by atoms with E-state index in [2.05, 4.69) is 5.32 Å². The number of nitrogens with zero attached hydrogens (tertiary/aromatic N) is 1. The van der Waals surface area contributed by atoms with Crippen LogP contribution in [0, 0.1) is 10.1 Å². The smallest absolute Gasteiger partial charge is 0.292 e. The Kier molecular flexibility index (Phi) is 3.59. The van der Waals surface area contributed by atoms with Gasteiger partial charge in [0.2, 0.25) is 0 Å². The molecule has 0 spiro atoms. The minimum atomic E-state index is -1.56. The molecule has 3 N–H and O–H groups in total. The van der Waals surface area contributed by atoms with Gasteiger partial charge in [-0.15, -0.1) is 0 Å². The van der Waals surface area contributed by atoms with Gasteiger partial charge in [-0.05, 0) is 13.0 Å². The molecule has 6 heteroatoms. The van der Waals surface area contributed by atoms with Crippen LogP contribution in [-0.4, -0.2) is 27.5 Å². The molecule has 0 aromatic heterocycles. The summed E-state index contributed by atoms with van der Waals surface area (Å²) in [5, 5.41) is 30.9. The molecule has 0 saturated carbocycles. The highest BCUT2D eigenvalue weighted by Gasteiger charge is 2.16. The number of nitro groups is 1. The Morgan fingerprint density at radius 2 is 2.00 bits per heavy atom. The number of hydrogen-bond acceptors (Lipinski definition) is 5. The zero-order valence-electron chi connectivity index (χ0n) is 8.12. The van der Waals surface area contributed by atoms with Gasteiger partial charge in [-0.25, -0.2) is 0 Å². The third-order valence-corrected chi connectivity index (χ3v) is 1.93. The topological polar surface area (TPSA) is 95.6 Å². The first kappa shape index (κ1) is 11.4. The molecule has 0 aliphatic carbocycles. The van der Waals surface area contributed by atoms with E-state index in [1.165, 1.54) is 19.1 Å². The Balaban J connectivity index is 2.89. The molecule has 15 heavy (non-hydrogen) atoms. The molecule has 1 rings (SSSR count). The van der Waals surface area contributed by atoms with E-state index in [0.717, 1.165) is 0 Å². The maximum atomic E-state index is 10.6. The Morgan fingerprint density at radius 1 is 1.40 bits per heavy atom. The highest BCUT2D eigenvalue weighted by atomic mass is 16.6. The van der Waals surface area contributed by atoms with Crippen LogP contribution in [-0.2, 0) is 0 Å². The van der Waals surface area contributed by atoms with Gasteiger partial charge in [-0.2, -0.15) is 0 Å². The van der Waals surface area contributed by atoms with Gasteiger partial charge < -0.3 is 15.5 Å². The molecule has 0 saturated heterocycles. The second kappa shape index (κ2) is 4.72. The molecule has 0 fully saturated rings. The van der Waals surface area contributed by atoms with Gasteiger partial charge >= 0.3 is 0 Å². The van der Waals surface area contributed by atoms with Gasteiger partial charge in [0.05, 0.1) is 11.0 Å². The van der Waals surface area contributed by atoms with Crippen molar-refractivity contribution in [2.45, 2.75) is 19.3 Å². The van der Waals surface area contributed by atoms with Crippen LogP contribution in [0.1, 0.15) is 6.92 Å². The minimum absolute atomic E-state index is 0.0926. The van der Waals surface area contributed by atoms with Crippen molar-refractivity contribution in [2.75, 3.05) is 5.32 Å². The first-order valence-electron chi connectivity index (χ1n) is 4.38. The summed E-state index contributed by atoms with van der Waals surface area (Å²) in [6.45, 7) is 1.52. The molecule has 0 aliphatic rings. The number of hydrogen-bond donors (Lipinski definition) is 3. The molecule has 0 aliphatic heterocycles. The molecule has 0 amide bonds. The Morgan fingerprint density at radius 3 is 2.53 bits per heavy atom. The van der Waals surface area contributed by atoms with Crippen molar-refractivity contribution < 1.29 is 15.1 Å². The lowest BCUT2D eigenvalue weighted by atomic mass is 10.2. The standard InChI is InChI=1S/C9H12N2O4/c1-6(9(12)13)10-7-4-2-3-5-8(7)11(14)15/h2-6,9-10,12-13H,1H3/t6-/m1/s1. The van der Waals surface area contributed by atoms with Crippen LogP contribution in [0.15, 0.2) is 24.3 Å². The Labute approximate surface area is 86.3 Å². The summed E-state index contributed by atoms with van der Waals surface area (Å²) in [6.07, 6.45) is -1.56. The molecule has 0 unspecified atom stereocenters. The number of nitro benzene ring substituents is 1. The maximum Gasteiger partial charge on any atom is 0.292 e. The monoisotopic (exact) mass is 212 g/mol. The molecule has 1 aromatic carbocycles. The first-order valence-corrected chi connectivity index (χ1v) is 4.38. The molecule has 6 nitrogen and oxygen atoms in total. The summed E-state index contributed by atoms with van der Waals surface area (Å²) in [5.74, 6) is 0. The van der Waals surface area contributed by atoms with Crippen molar-refractivity contribution in [3.8, 4) is 0 Å². The van der Waals surface area contributed by atoms with Crippen molar-refractivity contribution in [3.63, 3.8) is 0 Å². The molecular weight excluding hydrogens is 200 g/mol. The number of aliphatic hydroxyl groups is 2. The van der Waals surface area contributed by atoms with Crippen LogP contribution in [0.3, 0.4) is 0 Å². The van der Waals surface area contributed by atoms with E-state index in [1.54, 1.807) is 12.1 Å². The highest BCUT2D eigenvalue weighted by molar-refractivity contribution is 5.61. The average Bonchev–Trinajstić information content (AvgIpc) is 2.18. The number of aliphatic hydroxyl groups excluding tert-OH is 1. The predicted octanol–water partition coefficient (Wildman–Crippen LogP) is 0.706. The van der Waals surface area contributed by atoms with E-state index in [4.69, 9.17) is 10.2 Å². The van der Waals surface area contributed by atoms with E-state index in [0.29, 0.717) is 0 Å². The molecule has 0 heterocycles. The minimum Gasteiger partial charge on any atom is -0.372 e. The van der Waals surface area contributed by atoms with E-state index >= 15 is 0 Å². The summed E-state index contributed by atoms with van der Waals surface area (Å²) in [7, 11) is 0. The third-order valence-electron chi connectivity index (χ3n) is 1.93. The second-order valence-corrected chi connectivity index (χ2v) is 3.12. The second-order valence-electron chi connectivity index (χ2n) is 3.12. The summed E-state index contributed by atoms with van der Waals surface area (Å²) in [6, 6.07) is 5.36. The number of para-hydroxylation sites is 2. The van der Waals surface area contributed by atoms with Crippen LogP contribution in [0.4, 0.5) is 11.4 Å². The fourth-order valence-corrected chi connectivity index (χ4v) is 1.07. The lowest BCUT2D eigenvalue weighted by molar-refractivity contribution is -0.384. The normalized spacial score (nSPS) is 12.5. The molecule has 0 radical (unpaired) electrons. The number of rotatable bonds is 4. The fourth-order valence-electron chi connectivity index (χ4n) is 1.07. The van der Waals surface area contributed by atoms with Crippen molar-refractivity contribution in [1.29, 1.82) is 0 Å². The fraction of sp³-hybridized carbons (Fsp3) is 0.333. The van der Waals surface area contributed by atoms with Gasteiger partial charge in [0.15, 0.2) is 6.29 Å². The van der Waals surface area contributed by atoms with Crippen LogP contribution < -0.4 is 5.32 Å². The van der Waals surface area contributed by atoms with Gasteiger partial charge in [-0.3, -0.25) is 10.1 Å². The summed E-state index contributed by atoms with van der Waals surface area (Å²) in [4.78, 5) is 10.1. The zero-order valence-corrected chi connectivity index (χ0v) is 8.12. The van der Waals surface area contributed by atoms with Crippen LogP contribution in [0.2, 0.25) is 0 Å². The van der Waals surface area contributed by atoms with Gasteiger partial charge in [0.1, 0.15) is 5.69 Å². The number of anilines is 1. The molecule has 1 atom stereocenters. The van der Waals surface area contributed by atoms with E-state index in [-0.39, 0.29) is 11.4 Å². The predicted molar refractivity (Wildman–Crippen MR) is 54.4 cm³/mol. The number of benzene rings is 1. The van der Waals surface area contributed by atoms with Gasteiger partial charge in [-0.1, -0.05) is 12.1 Å². The average molecular weight is 212 g/mol. The molecular formula is C9H12N2O4. The van der Waals surface area contributed by atoms with Crippen LogP contribution in [0.5, 0.6) is 0 Å². The highest BCUT2D eigenvalue weighted by Crippen LogP contribution is 2.23.